The molecule has 0 aliphatic carbocycles. The van der Waals surface area contributed by atoms with E-state index in [0.29, 0.717) is 23.1 Å². The number of methoxy groups -OCH3 is 2. The lowest BCUT2D eigenvalue weighted by molar-refractivity contribution is 0.102. The summed E-state index contributed by atoms with van der Waals surface area (Å²) in [6.07, 6.45) is 0.946. The van der Waals surface area contributed by atoms with E-state index in [1.165, 1.54) is 10.4 Å². The number of hydrogen-bond acceptors (Lipinski definition) is 7. The van der Waals surface area contributed by atoms with E-state index < -0.39 is 0 Å². The number of halogens is 1. The van der Waals surface area contributed by atoms with Crippen molar-refractivity contribution in [1.29, 1.82) is 0 Å². The van der Waals surface area contributed by atoms with E-state index in [1.807, 2.05) is 18.2 Å². The predicted octanol–water partition coefficient (Wildman–Crippen LogP) is 6.48. The Morgan fingerprint density at radius 2 is 1.86 bits per heavy atom. The summed E-state index contributed by atoms with van der Waals surface area (Å²) in [7, 11) is 3.15. The van der Waals surface area contributed by atoms with Crippen molar-refractivity contribution >= 4 is 56.2 Å². The zero-order valence-electron chi connectivity index (χ0n) is 20.1. The second-order valence-electron chi connectivity index (χ2n) is 8.53. The third-order valence-electron chi connectivity index (χ3n) is 6.20. The van der Waals surface area contributed by atoms with E-state index in [-0.39, 0.29) is 18.3 Å². The van der Waals surface area contributed by atoms with E-state index in [9.17, 15) is 4.79 Å². The third-order valence-corrected chi connectivity index (χ3v) is 8.38. The molecule has 0 fully saturated rings. The van der Waals surface area contributed by atoms with Gasteiger partial charge in [0.2, 0.25) is 0 Å². The topological polar surface area (TPSA) is 63.7 Å². The summed E-state index contributed by atoms with van der Waals surface area (Å²) < 4.78 is 11.8. The lowest BCUT2D eigenvalue weighted by atomic mass is 10.0. The molecule has 0 spiro atoms. The molecular formula is C26H28ClN3O3S2. The predicted molar refractivity (Wildman–Crippen MR) is 147 cm³/mol. The highest BCUT2D eigenvalue weighted by Crippen LogP contribution is 2.46. The molecule has 2 aromatic heterocycles. The second-order valence-corrected chi connectivity index (χ2v) is 10.7. The maximum absolute atomic E-state index is 13.3. The van der Waals surface area contributed by atoms with Crippen molar-refractivity contribution in [2.45, 2.75) is 32.9 Å². The van der Waals surface area contributed by atoms with Crippen molar-refractivity contribution in [2.24, 2.45) is 0 Å². The number of carbonyl (C=O) groups excluding carboxylic acids is 1. The molecule has 184 valence electrons. The fourth-order valence-electron chi connectivity index (χ4n) is 4.31. The van der Waals surface area contributed by atoms with Gasteiger partial charge in [0, 0.05) is 35.1 Å². The van der Waals surface area contributed by atoms with Crippen LogP contribution in [0.2, 0.25) is 0 Å². The number of thiophene rings is 1. The number of amides is 1. The summed E-state index contributed by atoms with van der Waals surface area (Å²) in [6, 6.07) is 13.9. The van der Waals surface area contributed by atoms with Crippen molar-refractivity contribution in [3.05, 3.63) is 58.5 Å². The first-order chi connectivity index (χ1) is 16.5. The Bertz CT molecular complexity index is 1330. The van der Waals surface area contributed by atoms with Crippen LogP contribution in [0.25, 0.3) is 20.8 Å². The highest BCUT2D eigenvalue weighted by atomic mass is 35.5. The Labute approximate surface area is 219 Å². The van der Waals surface area contributed by atoms with Gasteiger partial charge in [-0.25, -0.2) is 4.98 Å². The van der Waals surface area contributed by atoms with Crippen LogP contribution in [-0.4, -0.2) is 42.6 Å². The molecular weight excluding hydrogens is 502 g/mol. The number of aromatic nitrogens is 1. The van der Waals surface area contributed by atoms with Crippen LogP contribution in [0.15, 0.2) is 42.5 Å². The van der Waals surface area contributed by atoms with Crippen molar-refractivity contribution in [3.63, 3.8) is 0 Å². The van der Waals surface area contributed by atoms with E-state index in [2.05, 4.69) is 30.1 Å². The van der Waals surface area contributed by atoms with Gasteiger partial charge in [0.25, 0.3) is 5.91 Å². The number of benzene rings is 2. The summed E-state index contributed by atoms with van der Waals surface area (Å²) in [5.41, 5.74) is 3.88. The Morgan fingerprint density at radius 1 is 1.09 bits per heavy atom. The minimum absolute atomic E-state index is 0. The Balaban J connectivity index is 0.00000289. The molecule has 3 heterocycles. The van der Waals surface area contributed by atoms with Gasteiger partial charge >= 0.3 is 0 Å². The molecule has 1 amide bonds. The summed E-state index contributed by atoms with van der Waals surface area (Å²) in [4.78, 5) is 22.0. The maximum atomic E-state index is 13.3. The van der Waals surface area contributed by atoms with Crippen LogP contribution in [-0.2, 0) is 13.0 Å². The summed E-state index contributed by atoms with van der Waals surface area (Å²) >= 11 is 3.34. The number of fused-ring (bicyclic) bond motifs is 2. The quantitative estimate of drug-likeness (QED) is 0.309. The largest absolute Gasteiger partial charge is 0.493 e. The van der Waals surface area contributed by atoms with Gasteiger partial charge in [-0.1, -0.05) is 12.1 Å². The third kappa shape index (κ3) is 4.89. The zero-order valence-corrected chi connectivity index (χ0v) is 22.5. The molecule has 6 nitrogen and oxygen atoms in total. The molecule has 1 aliphatic heterocycles. The molecule has 0 atom stereocenters. The first kappa shape index (κ1) is 25.4. The molecule has 0 saturated heterocycles. The Kier molecular flexibility index (Phi) is 7.66. The van der Waals surface area contributed by atoms with Gasteiger partial charge in [0.1, 0.15) is 10.0 Å². The van der Waals surface area contributed by atoms with E-state index in [1.54, 1.807) is 55.1 Å². The van der Waals surface area contributed by atoms with Gasteiger partial charge in [-0.3, -0.25) is 9.69 Å². The van der Waals surface area contributed by atoms with E-state index in [0.717, 1.165) is 45.3 Å². The summed E-state index contributed by atoms with van der Waals surface area (Å²) in [6.45, 7) is 6.35. The Hall–Kier alpha value is -2.65. The zero-order chi connectivity index (χ0) is 23.8. The highest BCUT2D eigenvalue weighted by Gasteiger charge is 2.28. The minimum Gasteiger partial charge on any atom is -0.493 e. The number of nitrogens with one attached hydrogen (secondary N) is 1. The number of carbonyl (C=O) groups is 1. The number of anilines is 1. The maximum Gasteiger partial charge on any atom is 0.256 e. The average Bonchev–Trinajstić information content (AvgIpc) is 3.43. The number of thiazole rings is 1. The lowest BCUT2D eigenvalue weighted by Crippen LogP contribution is -2.35. The van der Waals surface area contributed by atoms with Crippen molar-refractivity contribution < 1.29 is 14.3 Å². The molecule has 5 rings (SSSR count). The van der Waals surface area contributed by atoms with Crippen LogP contribution in [0.3, 0.4) is 0 Å². The number of para-hydroxylation sites is 1. The highest BCUT2D eigenvalue weighted by molar-refractivity contribution is 7.23. The van der Waals surface area contributed by atoms with E-state index >= 15 is 0 Å². The van der Waals surface area contributed by atoms with Crippen LogP contribution in [0.5, 0.6) is 11.5 Å². The number of rotatable bonds is 6. The molecule has 4 aromatic rings. The number of hydrogen-bond donors (Lipinski definition) is 1. The fourth-order valence-corrected chi connectivity index (χ4v) is 6.69. The van der Waals surface area contributed by atoms with Crippen LogP contribution in [0.4, 0.5) is 5.00 Å². The van der Waals surface area contributed by atoms with Crippen molar-refractivity contribution in [3.8, 4) is 22.1 Å². The van der Waals surface area contributed by atoms with Gasteiger partial charge in [-0.15, -0.1) is 35.1 Å². The molecule has 2 aromatic carbocycles. The first-order valence-electron chi connectivity index (χ1n) is 11.3. The molecule has 9 heteroatoms. The van der Waals surface area contributed by atoms with Crippen molar-refractivity contribution in [1.82, 2.24) is 9.88 Å². The normalized spacial score (nSPS) is 13.4. The van der Waals surface area contributed by atoms with Crippen LogP contribution >= 0.6 is 35.1 Å². The molecule has 0 bridgehead atoms. The minimum atomic E-state index is -0.178. The van der Waals surface area contributed by atoms with Gasteiger partial charge in [0.15, 0.2) is 11.5 Å². The van der Waals surface area contributed by atoms with Gasteiger partial charge in [-0.05, 0) is 56.2 Å². The Morgan fingerprint density at radius 3 is 2.57 bits per heavy atom. The van der Waals surface area contributed by atoms with Gasteiger partial charge in [-0.2, -0.15) is 0 Å². The van der Waals surface area contributed by atoms with Crippen LogP contribution < -0.4 is 14.8 Å². The first-order valence-corrected chi connectivity index (χ1v) is 12.9. The molecule has 1 aliphatic rings. The van der Waals surface area contributed by atoms with Crippen LogP contribution in [0, 0.1) is 0 Å². The number of ether oxygens (including phenoxy) is 2. The van der Waals surface area contributed by atoms with E-state index in [4.69, 9.17) is 14.5 Å². The average molecular weight is 530 g/mol. The van der Waals surface area contributed by atoms with Crippen LogP contribution in [0.1, 0.15) is 34.6 Å². The molecule has 1 N–H and O–H groups in total. The number of nitrogens with zero attached hydrogens (tertiary/aromatic N) is 2. The second kappa shape index (κ2) is 10.5. The fraction of sp³-hybridized carbons (Fsp3) is 0.308. The van der Waals surface area contributed by atoms with Crippen molar-refractivity contribution in [2.75, 3.05) is 26.1 Å². The standard InChI is InChI=1S/C26H27N3O3S2.ClH/c1-15(2)29-12-11-17-22(14-29)34-26(23(17)25-27-18-7-5-6-8-21(18)33-25)28-24(30)16-9-10-19(31-3)20(13-16)32-4;/h5-10,13,15H,11-12,14H2,1-4H3,(H,28,30);1H. The van der Waals surface area contributed by atoms with Gasteiger partial charge in [0.05, 0.1) is 24.4 Å². The molecule has 35 heavy (non-hydrogen) atoms. The SMILES string of the molecule is COc1ccc(C(=O)Nc2sc3c(c2-c2nc4ccccc4s2)CCN(C(C)C)C3)cc1OC.Cl. The monoisotopic (exact) mass is 529 g/mol. The molecule has 0 radical (unpaired) electrons. The lowest BCUT2D eigenvalue weighted by Gasteiger charge is -2.30. The van der Waals surface area contributed by atoms with Gasteiger partial charge < -0.3 is 14.8 Å². The summed E-state index contributed by atoms with van der Waals surface area (Å²) in [5.74, 6) is 0.941. The summed E-state index contributed by atoms with van der Waals surface area (Å²) in [5, 5.41) is 5.00. The smallest absolute Gasteiger partial charge is 0.256 e. The molecule has 0 saturated carbocycles. The molecule has 0 unspecified atom stereocenters.